The number of benzene rings is 1. The van der Waals surface area contributed by atoms with Gasteiger partial charge in [-0.2, -0.15) is 0 Å². The highest BCUT2D eigenvalue weighted by Gasteiger charge is 2.26. The second kappa shape index (κ2) is 7.70. The standard InChI is InChI=1S/C18H19ClN2O4/c19-13-5-1-11(2-6-13)17-21-15(10-25-17)9-16(22)20-14-7-3-12(4-8-14)18(23)24/h1-2,5-6,10,12,14H,3-4,7-9H2,(H,20,22)(H,23,24). The first-order valence-corrected chi connectivity index (χ1v) is 8.61. The predicted molar refractivity (Wildman–Crippen MR) is 92.2 cm³/mol. The van der Waals surface area contributed by atoms with Crippen molar-refractivity contribution < 1.29 is 19.1 Å². The van der Waals surface area contributed by atoms with Gasteiger partial charge in [-0.3, -0.25) is 9.59 Å². The summed E-state index contributed by atoms with van der Waals surface area (Å²) in [5.74, 6) is -0.719. The van der Waals surface area contributed by atoms with E-state index in [-0.39, 0.29) is 24.3 Å². The van der Waals surface area contributed by atoms with E-state index in [0.29, 0.717) is 42.3 Å². The molecule has 1 aromatic heterocycles. The van der Waals surface area contributed by atoms with Gasteiger partial charge in [0.15, 0.2) is 0 Å². The topological polar surface area (TPSA) is 92.4 Å². The van der Waals surface area contributed by atoms with Gasteiger partial charge in [0.2, 0.25) is 11.8 Å². The van der Waals surface area contributed by atoms with Gasteiger partial charge in [0.1, 0.15) is 6.26 Å². The lowest BCUT2D eigenvalue weighted by Crippen LogP contribution is -2.39. The third-order valence-electron chi connectivity index (χ3n) is 4.43. The number of nitrogens with zero attached hydrogens (tertiary/aromatic N) is 1. The molecule has 0 spiro atoms. The Balaban J connectivity index is 1.52. The molecule has 0 atom stereocenters. The highest BCUT2D eigenvalue weighted by molar-refractivity contribution is 6.30. The Morgan fingerprint density at radius 3 is 2.52 bits per heavy atom. The number of aromatic nitrogens is 1. The van der Waals surface area contributed by atoms with E-state index in [1.165, 1.54) is 6.26 Å². The van der Waals surface area contributed by atoms with Crippen LogP contribution in [-0.4, -0.2) is 28.0 Å². The van der Waals surface area contributed by atoms with Crippen LogP contribution in [0.5, 0.6) is 0 Å². The fourth-order valence-electron chi connectivity index (χ4n) is 3.04. The number of carbonyl (C=O) groups is 2. The maximum atomic E-state index is 12.2. The number of hydrogen-bond donors (Lipinski definition) is 2. The number of aliphatic carboxylic acids is 1. The van der Waals surface area contributed by atoms with E-state index < -0.39 is 5.97 Å². The molecule has 0 unspecified atom stereocenters. The van der Waals surface area contributed by atoms with Crippen molar-refractivity contribution in [3.8, 4) is 11.5 Å². The van der Waals surface area contributed by atoms with Gasteiger partial charge in [-0.05, 0) is 49.9 Å². The first kappa shape index (κ1) is 17.5. The number of hydrogen-bond acceptors (Lipinski definition) is 4. The number of rotatable bonds is 5. The maximum absolute atomic E-state index is 12.2. The maximum Gasteiger partial charge on any atom is 0.306 e. The van der Waals surface area contributed by atoms with Crippen LogP contribution in [0.1, 0.15) is 31.4 Å². The first-order chi connectivity index (χ1) is 12.0. The minimum atomic E-state index is -0.748. The molecule has 0 radical (unpaired) electrons. The minimum Gasteiger partial charge on any atom is -0.481 e. The third kappa shape index (κ3) is 4.60. The van der Waals surface area contributed by atoms with Crippen molar-refractivity contribution in [1.82, 2.24) is 10.3 Å². The lowest BCUT2D eigenvalue weighted by molar-refractivity contribution is -0.142. The molecule has 0 bridgehead atoms. The molecule has 1 heterocycles. The zero-order chi connectivity index (χ0) is 17.8. The molecule has 25 heavy (non-hydrogen) atoms. The van der Waals surface area contributed by atoms with E-state index >= 15 is 0 Å². The number of carbonyl (C=O) groups excluding carboxylic acids is 1. The molecule has 132 valence electrons. The summed E-state index contributed by atoms with van der Waals surface area (Å²) >= 11 is 5.86. The van der Waals surface area contributed by atoms with Gasteiger partial charge in [0, 0.05) is 16.6 Å². The third-order valence-corrected chi connectivity index (χ3v) is 4.68. The first-order valence-electron chi connectivity index (χ1n) is 8.24. The lowest BCUT2D eigenvalue weighted by Gasteiger charge is -2.26. The number of carboxylic acid groups (broad SMARTS) is 1. The molecule has 7 heteroatoms. The van der Waals surface area contributed by atoms with Crippen LogP contribution in [-0.2, 0) is 16.0 Å². The Hall–Kier alpha value is -2.34. The van der Waals surface area contributed by atoms with E-state index in [1.807, 2.05) is 0 Å². The van der Waals surface area contributed by atoms with Crippen molar-refractivity contribution in [2.24, 2.45) is 5.92 Å². The SMILES string of the molecule is O=C(Cc1coc(-c2ccc(Cl)cc2)n1)NC1CCC(C(=O)O)CC1. The zero-order valence-corrected chi connectivity index (χ0v) is 14.3. The van der Waals surface area contributed by atoms with Crippen molar-refractivity contribution in [1.29, 1.82) is 0 Å². The fraction of sp³-hybridized carbons (Fsp3) is 0.389. The molecule has 6 nitrogen and oxygen atoms in total. The number of oxazole rings is 1. The van der Waals surface area contributed by atoms with E-state index in [2.05, 4.69) is 10.3 Å². The van der Waals surface area contributed by atoms with Crippen LogP contribution in [0.15, 0.2) is 34.9 Å². The summed E-state index contributed by atoms with van der Waals surface area (Å²) in [6, 6.07) is 7.14. The number of halogens is 1. The second-order valence-electron chi connectivity index (χ2n) is 6.28. The van der Waals surface area contributed by atoms with Gasteiger partial charge >= 0.3 is 5.97 Å². The Bertz CT molecular complexity index is 749. The van der Waals surface area contributed by atoms with Gasteiger partial charge in [-0.1, -0.05) is 11.6 Å². The quantitative estimate of drug-likeness (QED) is 0.851. The molecule has 1 aliphatic carbocycles. The zero-order valence-electron chi connectivity index (χ0n) is 13.6. The van der Waals surface area contributed by atoms with Crippen LogP contribution in [0.2, 0.25) is 5.02 Å². The number of nitrogens with one attached hydrogen (secondary N) is 1. The van der Waals surface area contributed by atoms with Crippen molar-refractivity contribution in [2.75, 3.05) is 0 Å². The molecule has 1 aromatic carbocycles. The molecule has 0 saturated heterocycles. The van der Waals surface area contributed by atoms with Gasteiger partial charge in [0.25, 0.3) is 0 Å². The number of amides is 1. The van der Waals surface area contributed by atoms with Gasteiger partial charge in [0.05, 0.1) is 18.0 Å². The van der Waals surface area contributed by atoms with Crippen LogP contribution in [0.3, 0.4) is 0 Å². The monoisotopic (exact) mass is 362 g/mol. The lowest BCUT2D eigenvalue weighted by atomic mass is 9.86. The van der Waals surface area contributed by atoms with Gasteiger partial charge in [-0.15, -0.1) is 0 Å². The van der Waals surface area contributed by atoms with Crippen molar-refractivity contribution >= 4 is 23.5 Å². The predicted octanol–water partition coefficient (Wildman–Crippen LogP) is 3.30. The summed E-state index contributed by atoms with van der Waals surface area (Å²) in [4.78, 5) is 27.4. The van der Waals surface area contributed by atoms with Gasteiger partial charge < -0.3 is 14.8 Å². The van der Waals surface area contributed by atoms with Crippen LogP contribution in [0, 0.1) is 5.92 Å². The normalized spacial score (nSPS) is 20.2. The molecule has 1 saturated carbocycles. The van der Waals surface area contributed by atoms with Crippen molar-refractivity contribution in [3.63, 3.8) is 0 Å². The molecule has 0 aliphatic heterocycles. The van der Waals surface area contributed by atoms with E-state index in [4.69, 9.17) is 21.1 Å². The Kier molecular flexibility index (Phi) is 5.38. The highest BCUT2D eigenvalue weighted by Crippen LogP contribution is 2.25. The highest BCUT2D eigenvalue weighted by atomic mass is 35.5. The summed E-state index contributed by atoms with van der Waals surface area (Å²) in [5, 5.41) is 12.6. The summed E-state index contributed by atoms with van der Waals surface area (Å²) in [6.45, 7) is 0. The van der Waals surface area contributed by atoms with Crippen LogP contribution < -0.4 is 5.32 Å². The molecule has 2 aromatic rings. The fourth-order valence-corrected chi connectivity index (χ4v) is 3.17. The summed E-state index contributed by atoms with van der Waals surface area (Å²) in [5.41, 5.74) is 1.35. The Labute approximate surface area is 150 Å². The van der Waals surface area contributed by atoms with E-state index in [0.717, 1.165) is 5.56 Å². The minimum absolute atomic E-state index is 0.0331. The van der Waals surface area contributed by atoms with Gasteiger partial charge in [-0.25, -0.2) is 4.98 Å². The molecular formula is C18H19ClN2O4. The molecule has 1 fully saturated rings. The summed E-state index contributed by atoms with van der Waals surface area (Å²) in [7, 11) is 0. The van der Waals surface area contributed by atoms with E-state index in [1.54, 1.807) is 24.3 Å². The molecule has 3 rings (SSSR count). The van der Waals surface area contributed by atoms with Crippen LogP contribution in [0.25, 0.3) is 11.5 Å². The smallest absolute Gasteiger partial charge is 0.306 e. The largest absolute Gasteiger partial charge is 0.481 e. The van der Waals surface area contributed by atoms with Crippen molar-refractivity contribution in [3.05, 3.63) is 41.2 Å². The van der Waals surface area contributed by atoms with Crippen molar-refractivity contribution in [2.45, 2.75) is 38.1 Å². The van der Waals surface area contributed by atoms with Crippen LogP contribution >= 0.6 is 11.6 Å². The average Bonchev–Trinajstić information content (AvgIpc) is 3.04. The second-order valence-corrected chi connectivity index (χ2v) is 6.72. The average molecular weight is 363 g/mol. The number of carboxylic acids is 1. The Morgan fingerprint density at radius 1 is 1.20 bits per heavy atom. The summed E-state index contributed by atoms with van der Waals surface area (Å²) in [6.07, 6.45) is 4.20. The molecular weight excluding hydrogens is 344 g/mol. The van der Waals surface area contributed by atoms with Crippen LogP contribution in [0.4, 0.5) is 0 Å². The summed E-state index contributed by atoms with van der Waals surface area (Å²) < 4.78 is 5.42. The van der Waals surface area contributed by atoms with E-state index in [9.17, 15) is 9.59 Å². The Morgan fingerprint density at radius 2 is 1.88 bits per heavy atom. The molecule has 2 N–H and O–H groups in total. The molecule has 1 amide bonds. The molecule has 1 aliphatic rings.